The van der Waals surface area contributed by atoms with Crippen LogP contribution in [0.1, 0.15) is 42.5 Å². The molecule has 0 unspecified atom stereocenters. The monoisotopic (exact) mass is 263 g/mol. The topological polar surface area (TPSA) is 77.2 Å². The second-order valence-corrected chi connectivity index (χ2v) is 5.40. The van der Waals surface area contributed by atoms with Crippen LogP contribution in [0.2, 0.25) is 0 Å². The lowest BCUT2D eigenvalue weighted by molar-refractivity contribution is -0.0589. The highest BCUT2D eigenvalue weighted by Crippen LogP contribution is 2.22. The fourth-order valence-electron chi connectivity index (χ4n) is 1.65. The largest absolute Gasteiger partial charge is 0.336 e. The number of aromatic nitrogens is 2. The molecule has 6 heteroatoms. The number of fused-ring (bicyclic) bond motifs is 1. The molecule has 0 aliphatic carbocycles. The van der Waals surface area contributed by atoms with E-state index >= 15 is 0 Å². The molecule has 0 atom stereocenters. The normalized spacial score (nSPS) is 11.8. The Kier molecular flexibility index (Phi) is 3.28. The summed E-state index contributed by atoms with van der Waals surface area (Å²) in [5.41, 5.74) is 4.10. The Balaban J connectivity index is 2.38. The van der Waals surface area contributed by atoms with Crippen molar-refractivity contribution < 1.29 is 14.2 Å². The van der Waals surface area contributed by atoms with Gasteiger partial charge < -0.3 is 4.52 Å². The third kappa shape index (κ3) is 2.90. The van der Waals surface area contributed by atoms with Crippen LogP contribution in [-0.2, 0) is 4.84 Å². The fourth-order valence-corrected chi connectivity index (χ4v) is 1.65. The number of hydroxylamine groups is 1. The summed E-state index contributed by atoms with van der Waals surface area (Å²) < 4.78 is 5.08. The number of amides is 1. The van der Waals surface area contributed by atoms with Crippen molar-refractivity contribution in [2.75, 3.05) is 0 Å². The standard InChI is InChI=1S/C13H17N3O3/c1-7-6-9(11(17)16-19-13(3,4)5)10-8(2)15-18-12(10)14-7/h6H,1-5H3,(H,16,17). The predicted octanol–water partition coefficient (Wildman–Crippen LogP) is 2.30. The van der Waals surface area contributed by atoms with E-state index in [1.807, 2.05) is 20.8 Å². The molecule has 0 saturated carbocycles. The van der Waals surface area contributed by atoms with Crippen LogP contribution in [0.15, 0.2) is 10.6 Å². The number of nitrogens with one attached hydrogen (secondary N) is 1. The first-order valence-electron chi connectivity index (χ1n) is 6.00. The number of pyridine rings is 1. The lowest BCUT2D eigenvalue weighted by Crippen LogP contribution is -2.33. The van der Waals surface area contributed by atoms with Crippen molar-refractivity contribution in [3.8, 4) is 0 Å². The molecular weight excluding hydrogens is 246 g/mol. The smallest absolute Gasteiger partial charge is 0.275 e. The zero-order valence-electron chi connectivity index (χ0n) is 11.7. The highest BCUT2D eigenvalue weighted by atomic mass is 16.7. The molecule has 0 saturated heterocycles. The van der Waals surface area contributed by atoms with Crippen LogP contribution >= 0.6 is 0 Å². The van der Waals surface area contributed by atoms with Gasteiger partial charge in [-0.1, -0.05) is 5.16 Å². The first-order valence-corrected chi connectivity index (χ1v) is 6.00. The molecule has 0 bridgehead atoms. The van der Waals surface area contributed by atoms with E-state index in [4.69, 9.17) is 9.36 Å². The summed E-state index contributed by atoms with van der Waals surface area (Å²) in [6.07, 6.45) is 0. The second kappa shape index (κ2) is 4.62. The van der Waals surface area contributed by atoms with Gasteiger partial charge in [0.1, 0.15) is 0 Å². The van der Waals surface area contributed by atoms with Crippen LogP contribution < -0.4 is 5.48 Å². The summed E-state index contributed by atoms with van der Waals surface area (Å²) in [7, 11) is 0. The van der Waals surface area contributed by atoms with E-state index in [1.54, 1.807) is 19.9 Å². The van der Waals surface area contributed by atoms with Gasteiger partial charge in [-0.25, -0.2) is 10.5 Å². The van der Waals surface area contributed by atoms with E-state index in [2.05, 4.69) is 15.6 Å². The maximum absolute atomic E-state index is 12.2. The molecule has 1 N–H and O–H groups in total. The van der Waals surface area contributed by atoms with Gasteiger partial charge in [-0.15, -0.1) is 0 Å². The van der Waals surface area contributed by atoms with Gasteiger partial charge in [0.05, 0.1) is 22.2 Å². The minimum absolute atomic E-state index is 0.336. The van der Waals surface area contributed by atoms with Crippen LogP contribution in [0.3, 0.4) is 0 Å². The molecule has 0 spiro atoms. The van der Waals surface area contributed by atoms with E-state index in [0.29, 0.717) is 28.1 Å². The van der Waals surface area contributed by atoms with Gasteiger partial charge in [0.15, 0.2) is 0 Å². The number of aryl methyl sites for hydroxylation is 2. The Morgan fingerprint density at radius 1 is 1.37 bits per heavy atom. The number of rotatable bonds is 2. The highest BCUT2D eigenvalue weighted by Gasteiger charge is 2.20. The van der Waals surface area contributed by atoms with Crippen molar-refractivity contribution in [1.29, 1.82) is 0 Å². The summed E-state index contributed by atoms with van der Waals surface area (Å²) in [6.45, 7) is 9.12. The highest BCUT2D eigenvalue weighted by molar-refractivity contribution is 6.05. The van der Waals surface area contributed by atoms with E-state index < -0.39 is 5.60 Å². The maximum Gasteiger partial charge on any atom is 0.275 e. The molecule has 0 aliphatic heterocycles. The molecule has 2 heterocycles. The molecule has 2 rings (SSSR count). The lowest BCUT2D eigenvalue weighted by atomic mass is 10.1. The Morgan fingerprint density at radius 2 is 2.05 bits per heavy atom. The average Bonchev–Trinajstić information content (AvgIpc) is 2.66. The molecule has 102 valence electrons. The minimum atomic E-state index is -0.458. The zero-order chi connectivity index (χ0) is 14.2. The van der Waals surface area contributed by atoms with Gasteiger partial charge in [-0.05, 0) is 40.7 Å². The van der Waals surface area contributed by atoms with Gasteiger partial charge in [-0.3, -0.25) is 9.63 Å². The number of nitrogens with zero attached hydrogens (tertiary/aromatic N) is 2. The molecule has 6 nitrogen and oxygen atoms in total. The van der Waals surface area contributed by atoms with Gasteiger partial charge in [0.2, 0.25) is 0 Å². The number of hydrogen-bond acceptors (Lipinski definition) is 5. The van der Waals surface area contributed by atoms with Crippen molar-refractivity contribution in [2.45, 2.75) is 40.2 Å². The third-order valence-electron chi connectivity index (χ3n) is 2.44. The van der Waals surface area contributed by atoms with Gasteiger partial charge in [-0.2, -0.15) is 0 Å². The van der Waals surface area contributed by atoms with Crippen LogP contribution in [0, 0.1) is 13.8 Å². The number of hydrogen-bond donors (Lipinski definition) is 1. The zero-order valence-corrected chi connectivity index (χ0v) is 11.7. The van der Waals surface area contributed by atoms with Gasteiger partial charge in [0, 0.05) is 5.69 Å². The molecule has 19 heavy (non-hydrogen) atoms. The number of carbonyl (C=O) groups is 1. The summed E-state index contributed by atoms with van der Waals surface area (Å²) >= 11 is 0. The predicted molar refractivity (Wildman–Crippen MR) is 69.6 cm³/mol. The molecule has 0 aliphatic rings. The Hall–Kier alpha value is -1.95. The molecule has 0 radical (unpaired) electrons. The molecule has 0 aromatic carbocycles. The van der Waals surface area contributed by atoms with Crippen LogP contribution in [0.5, 0.6) is 0 Å². The van der Waals surface area contributed by atoms with E-state index in [-0.39, 0.29) is 5.91 Å². The first kappa shape index (κ1) is 13.5. The number of carbonyl (C=O) groups excluding carboxylic acids is 1. The van der Waals surface area contributed by atoms with Crippen molar-refractivity contribution in [2.24, 2.45) is 0 Å². The van der Waals surface area contributed by atoms with Gasteiger partial charge >= 0.3 is 0 Å². The summed E-state index contributed by atoms with van der Waals surface area (Å²) in [5.74, 6) is -0.336. The van der Waals surface area contributed by atoms with Crippen LogP contribution in [-0.4, -0.2) is 21.6 Å². The average molecular weight is 263 g/mol. The van der Waals surface area contributed by atoms with Crippen LogP contribution in [0.4, 0.5) is 0 Å². The SMILES string of the molecule is Cc1cc(C(=O)NOC(C)(C)C)c2c(C)noc2n1. The fraction of sp³-hybridized carbons (Fsp3) is 0.462. The Bertz CT molecular complexity index is 626. The molecule has 1 amide bonds. The minimum Gasteiger partial charge on any atom is -0.336 e. The summed E-state index contributed by atoms with van der Waals surface area (Å²) in [4.78, 5) is 21.7. The van der Waals surface area contributed by atoms with Crippen LogP contribution in [0.25, 0.3) is 11.1 Å². The summed E-state index contributed by atoms with van der Waals surface area (Å²) in [6, 6.07) is 1.69. The second-order valence-electron chi connectivity index (χ2n) is 5.40. The lowest BCUT2D eigenvalue weighted by Gasteiger charge is -2.19. The molecule has 2 aromatic heterocycles. The quantitative estimate of drug-likeness (QED) is 0.841. The molecular formula is C13H17N3O3. The molecule has 0 fully saturated rings. The van der Waals surface area contributed by atoms with E-state index in [9.17, 15) is 4.79 Å². The van der Waals surface area contributed by atoms with Crippen molar-refractivity contribution in [3.05, 3.63) is 23.0 Å². The van der Waals surface area contributed by atoms with E-state index in [0.717, 1.165) is 0 Å². The molecule has 2 aromatic rings. The summed E-state index contributed by atoms with van der Waals surface area (Å²) in [5, 5.41) is 4.44. The van der Waals surface area contributed by atoms with Crippen molar-refractivity contribution >= 4 is 17.0 Å². The Morgan fingerprint density at radius 3 is 2.68 bits per heavy atom. The van der Waals surface area contributed by atoms with E-state index in [1.165, 1.54) is 0 Å². The third-order valence-corrected chi connectivity index (χ3v) is 2.44. The Labute approximate surface area is 111 Å². The van der Waals surface area contributed by atoms with Crippen molar-refractivity contribution in [3.63, 3.8) is 0 Å². The first-order chi connectivity index (χ1) is 8.78. The maximum atomic E-state index is 12.2. The van der Waals surface area contributed by atoms with Gasteiger partial charge in [0.25, 0.3) is 11.6 Å². The van der Waals surface area contributed by atoms with Crippen molar-refractivity contribution in [1.82, 2.24) is 15.6 Å².